The SMILES string of the molecule is N#C[C@H](Cc1ccc(-c2ccccc2)cc1C(=O)Nc1nccs1)NC(=O)[C@@H]1CCCCN1. The van der Waals surface area contributed by atoms with Gasteiger partial charge in [0.15, 0.2) is 5.13 Å². The van der Waals surface area contributed by atoms with Gasteiger partial charge in [-0.25, -0.2) is 4.98 Å². The number of nitrogens with zero attached hydrogens (tertiary/aromatic N) is 2. The fraction of sp³-hybridized carbons (Fsp3) is 0.280. The van der Waals surface area contributed by atoms with Crippen molar-refractivity contribution < 1.29 is 9.59 Å². The first kappa shape index (κ1) is 22.6. The molecule has 3 aromatic rings. The molecule has 1 aliphatic heterocycles. The van der Waals surface area contributed by atoms with Crippen molar-refractivity contribution in [2.75, 3.05) is 11.9 Å². The van der Waals surface area contributed by atoms with Crippen LogP contribution in [0.25, 0.3) is 11.1 Å². The Kier molecular flexibility index (Phi) is 7.45. The molecular weight excluding hydrogens is 434 g/mol. The number of carbonyl (C=O) groups is 2. The number of nitriles is 1. The van der Waals surface area contributed by atoms with Crippen LogP contribution in [0.5, 0.6) is 0 Å². The highest BCUT2D eigenvalue weighted by Crippen LogP contribution is 2.25. The van der Waals surface area contributed by atoms with E-state index in [1.807, 2.05) is 48.5 Å². The van der Waals surface area contributed by atoms with Crippen molar-refractivity contribution in [2.24, 2.45) is 0 Å². The van der Waals surface area contributed by atoms with Crippen molar-refractivity contribution in [2.45, 2.75) is 37.8 Å². The van der Waals surface area contributed by atoms with E-state index in [2.05, 4.69) is 27.0 Å². The second kappa shape index (κ2) is 10.9. The van der Waals surface area contributed by atoms with Crippen LogP contribution in [0.15, 0.2) is 60.1 Å². The van der Waals surface area contributed by atoms with Gasteiger partial charge in [-0.1, -0.05) is 48.9 Å². The van der Waals surface area contributed by atoms with Crippen molar-refractivity contribution in [3.63, 3.8) is 0 Å². The number of carbonyl (C=O) groups excluding carboxylic acids is 2. The molecule has 0 saturated carbocycles. The molecule has 0 unspecified atom stereocenters. The topological polar surface area (TPSA) is 107 Å². The first-order valence-electron chi connectivity index (χ1n) is 11.0. The summed E-state index contributed by atoms with van der Waals surface area (Å²) < 4.78 is 0. The summed E-state index contributed by atoms with van der Waals surface area (Å²) >= 11 is 1.34. The lowest BCUT2D eigenvalue weighted by Gasteiger charge is -2.24. The third-order valence-corrected chi connectivity index (χ3v) is 6.33. The van der Waals surface area contributed by atoms with E-state index >= 15 is 0 Å². The molecular formula is C25H25N5O2S. The molecule has 1 aromatic heterocycles. The van der Waals surface area contributed by atoms with E-state index < -0.39 is 6.04 Å². The standard InChI is InChI=1S/C25H25N5O2S/c26-16-20(29-24(32)22-8-4-5-11-27-22)14-19-10-9-18(17-6-2-1-3-7-17)15-21(19)23(31)30-25-28-12-13-33-25/h1-3,6-7,9-10,12-13,15,20,22,27H,4-5,8,11,14H2,(H,29,32)(H,28,30,31)/t20-,22-/m0/s1. The quantitative estimate of drug-likeness (QED) is 0.499. The van der Waals surface area contributed by atoms with Gasteiger partial charge in [-0.15, -0.1) is 11.3 Å². The van der Waals surface area contributed by atoms with E-state index in [1.165, 1.54) is 11.3 Å². The molecule has 2 atom stereocenters. The van der Waals surface area contributed by atoms with Gasteiger partial charge < -0.3 is 10.6 Å². The van der Waals surface area contributed by atoms with Crippen LogP contribution in [0.2, 0.25) is 0 Å². The summed E-state index contributed by atoms with van der Waals surface area (Å²) in [5.74, 6) is -0.467. The highest BCUT2D eigenvalue weighted by molar-refractivity contribution is 7.13. The van der Waals surface area contributed by atoms with Crippen LogP contribution in [0.4, 0.5) is 5.13 Å². The minimum atomic E-state index is -0.741. The van der Waals surface area contributed by atoms with Crippen LogP contribution >= 0.6 is 11.3 Å². The largest absolute Gasteiger partial charge is 0.339 e. The molecule has 0 aliphatic carbocycles. The molecule has 3 N–H and O–H groups in total. The molecule has 7 nitrogen and oxygen atoms in total. The van der Waals surface area contributed by atoms with Crippen LogP contribution < -0.4 is 16.0 Å². The molecule has 0 bridgehead atoms. The van der Waals surface area contributed by atoms with Crippen LogP contribution in [-0.4, -0.2) is 35.4 Å². The number of rotatable bonds is 7. The molecule has 0 spiro atoms. The highest BCUT2D eigenvalue weighted by atomic mass is 32.1. The lowest BCUT2D eigenvalue weighted by atomic mass is 9.95. The summed E-state index contributed by atoms with van der Waals surface area (Å²) in [6, 6.07) is 16.6. The minimum absolute atomic E-state index is 0.170. The number of benzene rings is 2. The van der Waals surface area contributed by atoms with Crippen LogP contribution in [0, 0.1) is 11.3 Å². The second-order valence-corrected chi connectivity index (χ2v) is 8.82. The number of thiazole rings is 1. The van der Waals surface area contributed by atoms with Gasteiger partial charge in [-0.2, -0.15) is 5.26 Å². The van der Waals surface area contributed by atoms with Crippen LogP contribution in [0.1, 0.15) is 35.2 Å². The lowest BCUT2D eigenvalue weighted by Crippen LogP contribution is -2.49. The zero-order valence-corrected chi connectivity index (χ0v) is 18.9. The van der Waals surface area contributed by atoms with Crippen LogP contribution in [0.3, 0.4) is 0 Å². The Labute approximate surface area is 196 Å². The number of hydrogen-bond donors (Lipinski definition) is 3. The van der Waals surface area contributed by atoms with Gasteiger partial charge in [-0.3, -0.25) is 14.9 Å². The first-order chi connectivity index (χ1) is 16.1. The van der Waals surface area contributed by atoms with Crippen molar-refractivity contribution in [1.82, 2.24) is 15.6 Å². The maximum absolute atomic E-state index is 13.1. The highest BCUT2D eigenvalue weighted by Gasteiger charge is 2.24. The van der Waals surface area contributed by atoms with Gasteiger partial charge in [0.1, 0.15) is 6.04 Å². The van der Waals surface area contributed by atoms with E-state index in [9.17, 15) is 14.9 Å². The summed E-state index contributed by atoms with van der Waals surface area (Å²) in [4.78, 5) is 29.9. The molecule has 1 fully saturated rings. The predicted molar refractivity (Wildman–Crippen MR) is 129 cm³/mol. The average molecular weight is 460 g/mol. The van der Waals surface area contributed by atoms with Gasteiger partial charge in [0.25, 0.3) is 5.91 Å². The number of amides is 2. The first-order valence-corrected chi connectivity index (χ1v) is 11.8. The Balaban J connectivity index is 1.58. The van der Waals surface area contributed by atoms with Gasteiger partial charge in [0.2, 0.25) is 5.91 Å². The normalized spacial score (nSPS) is 16.4. The molecule has 8 heteroatoms. The summed E-state index contributed by atoms with van der Waals surface area (Å²) in [5.41, 5.74) is 3.03. The Hall–Kier alpha value is -3.54. The summed E-state index contributed by atoms with van der Waals surface area (Å²) in [6.07, 6.45) is 4.66. The number of anilines is 1. The Morgan fingerprint density at radius 3 is 2.73 bits per heavy atom. The molecule has 2 aromatic carbocycles. The lowest BCUT2D eigenvalue weighted by molar-refractivity contribution is -0.124. The van der Waals surface area contributed by atoms with Crippen molar-refractivity contribution in [3.05, 3.63) is 71.2 Å². The average Bonchev–Trinajstić information content (AvgIpc) is 3.37. The Morgan fingerprint density at radius 1 is 1.18 bits per heavy atom. The molecule has 2 amide bonds. The van der Waals surface area contributed by atoms with Gasteiger partial charge in [0.05, 0.1) is 12.1 Å². The second-order valence-electron chi connectivity index (χ2n) is 7.93. The fourth-order valence-corrected chi connectivity index (χ4v) is 4.45. The van der Waals surface area contributed by atoms with Crippen molar-refractivity contribution >= 4 is 28.3 Å². The zero-order chi connectivity index (χ0) is 23.0. The molecule has 1 saturated heterocycles. The van der Waals surface area contributed by atoms with Crippen molar-refractivity contribution in [3.8, 4) is 17.2 Å². The predicted octanol–water partition coefficient (Wildman–Crippen LogP) is 3.76. The van der Waals surface area contributed by atoms with E-state index in [0.29, 0.717) is 16.3 Å². The minimum Gasteiger partial charge on any atom is -0.339 e. The summed E-state index contributed by atoms with van der Waals surface area (Å²) in [5, 5.41) is 20.9. The van der Waals surface area contributed by atoms with E-state index in [-0.39, 0.29) is 24.3 Å². The van der Waals surface area contributed by atoms with Gasteiger partial charge in [0, 0.05) is 23.6 Å². The molecule has 1 aliphatic rings. The third kappa shape index (κ3) is 5.83. The third-order valence-electron chi connectivity index (χ3n) is 5.64. The molecule has 168 valence electrons. The van der Waals surface area contributed by atoms with E-state index in [4.69, 9.17) is 0 Å². The Morgan fingerprint density at radius 2 is 2.03 bits per heavy atom. The molecule has 0 radical (unpaired) electrons. The van der Waals surface area contributed by atoms with Gasteiger partial charge in [-0.05, 0) is 42.1 Å². The zero-order valence-electron chi connectivity index (χ0n) is 18.1. The number of hydrogen-bond acceptors (Lipinski definition) is 6. The smallest absolute Gasteiger partial charge is 0.257 e. The fourth-order valence-electron chi connectivity index (χ4n) is 3.92. The number of piperidine rings is 1. The van der Waals surface area contributed by atoms with Crippen molar-refractivity contribution in [1.29, 1.82) is 5.26 Å². The molecule has 33 heavy (non-hydrogen) atoms. The maximum Gasteiger partial charge on any atom is 0.257 e. The number of aromatic nitrogens is 1. The molecule has 4 rings (SSSR count). The van der Waals surface area contributed by atoms with E-state index in [1.54, 1.807) is 11.6 Å². The Bertz CT molecular complexity index is 1140. The summed E-state index contributed by atoms with van der Waals surface area (Å²) in [7, 11) is 0. The van der Waals surface area contributed by atoms with E-state index in [0.717, 1.165) is 36.9 Å². The van der Waals surface area contributed by atoms with Gasteiger partial charge >= 0.3 is 0 Å². The van der Waals surface area contributed by atoms with Crippen LogP contribution in [-0.2, 0) is 11.2 Å². The molecule has 2 heterocycles. The number of nitrogens with one attached hydrogen (secondary N) is 3. The monoisotopic (exact) mass is 459 g/mol. The summed E-state index contributed by atoms with van der Waals surface area (Å²) in [6.45, 7) is 0.803. The maximum atomic E-state index is 13.1.